The van der Waals surface area contributed by atoms with Gasteiger partial charge in [0.05, 0.1) is 25.6 Å². The van der Waals surface area contributed by atoms with Gasteiger partial charge in [-0.05, 0) is 18.4 Å². The number of hydrogen-bond acceptors (Lipinski definition) is 4. The Morgan fingerprint density at radius 3 is 2.60 bits per heavy atom. The first kappa shape index (κ1) is 18.9. The van der Waals surface area contributed by atoms with Gasteiger partial charge in [-0.25, -0.2) is 4.79 Å². The molecule has 0 unspecified atom stereocenters. The third-order valence-electron chi connectivity index (χ3n) is 4.38. The quantitative estimate of drug-likeness (QED) is 0.718. The number of nitrogens with zero attached hydrogens (tertiary/aromatic N) is 1. The number of aliphatic carboxylic acids is 1. The van der Waals surface area contributed by atoms with Crippen LogP contribution in [0.2, 0.25) is 0 Å². The van der Waals surface area contributed by atoms with Gasteiger partial charge in [-0.1, -0.05) is 30.3 Å². The third-order valence-corrected chi connectivity index (χ3v) is 4.38. The zero-order chi connectivity index (χ0) is 18.2. The maximum Gasteiger partial charge on any atom is 0.326 e. The molecule has 1 aromatic carbocycles. The Hall–Kier alpha value is -2.41. The zero-order valence-electron chi connectivity index (χ0n) is 14.3. The van der Waals surface area contributed by atoms with Crippen LogP contribution in [0.3, 0.4) is 0 Å². The van der Waals surface area contributed by atoms with E-state index in [1.54, 1.807) is 0 Å². The van der Waals surface area contributed by atoms with Gasteiger partial charge >= 0.3 is 5.97 Å². The number of ether oxygens (including phenoxy) is 1. The molecule has 1 saturated heterocycles. The molecule has 2 atom stereocenters. The molecule has 0 bridgehead atoms. The van der Waals surface area contributed by atoms with E-state index in [-0.39, 0.29) is 43.7 Å². The highest BCUT2D eigenvalue weighted by Gasteiger charge is 2.37. The minimum Gasteiger partial charge on any atom is -0.480 e. The molecule has 1 fully saturated rings. The first-order valence-electron chi connectivity index (χ1n) is 8.38. The van der Waals surface area contributed by atoms with Crippen LogP contribution < -0.4 is 5.32 Å². The summed E-state index contributed by atoms with van der Waals surface area (Å²) in [4.78, 5) is 36.9. The van der Waals surface area contributed by atoms with Gasteiger partial charge in [0.15, 0.2) is 0 Å². The van der Waals surface area contributed by atoms with Gasteiger partial charge in [0.1, 0.15) is 6.04 Å². The molecule has 136 valence electrons. The number of nitrogens with one attached hydrogen (secondary N) is 1. The Balaban J connectivity index is 1.87. The topological polar surface area (TPSA) is 95.9 Å². The van der Waals surface area contributed by atoms with E-state index in [1.165, 1.54) is 11.9 Å². The van der Waals surface area contributed by atoms with Crippen molar-refractivity contribution in [3.05, 3.63) is 35.9 Å². The number of carbonyl (C=O) groups excluding carboxylic acids is 2. The fourth-order valence-corrected chi connectivity index (χ4v) is 2.99. The van der Waals surface area contributed by atoms with E-state index in [2.05, 4.69) is 5.32 Å². The lowest BCUT2D eigenvalue weighted by Gasteiger charge is -2.36. The SMILES string of the molecule is CNC(=O)[C@H]1CC[C@@H](C(=O)O)N(C(=O)CCOCc2ccccc2)C1. The van der Waals surface area contributed by atoms with E-state index in [4.69, 9.17) is 4.74 Å². The molecule has 0 saturated carbocycles. The second-order valence-corrected chi connectivity index (χ2v) is 6.08. The number of rotatable bonds is 7. The highest BCUT2D eigenvalue weighted by Crippen LogP contribution is 2.23. The van der Waals surface area contributed by atoms with Gasteiger partial charge in [-0.15, -0.1) is 0 Å². The smallest absolute Gasteiger partial charge is 0.326 e. The Labute approximate surface area is 147 Å². The number of carboxylic acid groups (broad SMARTS) is 1. The molecular formula is C18H24N2O5. The van der Waals surface area contributed by atoms with Gasteiger partial charge in [-0.3, -0.25) is 9.59 Å². The third kappa shape index (κ3) is 5.29. The summed E-state index contributed by atoms with van der Waals surface area (Å²) in [5.41, 5.74) is 1.01. The standard InChI is InChI=1S/C18H24N2O5/c1-19-17(22)14-7-8-15(18(23)24)20(11-14)16(21)9-10-25-12-13-5-3-2-4-6-13/h2-6,14-15H,7-12H2,1H3,(H,19,22)(H,23,24)/t14-,15-/m0/s1. The molecule has 25 heavy (non-hydrogen) atoms. The molecular weight excluding hydrogens is 324 g/mol. The van der Waals surface area contributed by atoms with Crippen molar-refractivity contribution in [2.75, 3.05) is 20.2 Å². The van der Waals surface area contributed by atoms with Crippen LogP contribution in [0.25, 0.3) is 0 Å². The number of hydrogen-bond donors (Lipinski definition) is 2. The molecule has 7 heteroatoms. The normalized spacial score (nSPS) is 20.1. The fourth-order valence-electron chi connectivity index (χ4n) is 2.99. The number of piperidine rings is 1. The van der Waals surface area contributed by atoms with Crippen LogP contribution >= 0.6 is 0 Å². The van der Waals surface area contributed by atoms with E-state index in [0.29, 0.717) is 13.0 Å². The van der Waals surface area contributed by atoms with Crippen LogP contribution in [-0.4, -0.2) is 54.0 Å². The molecule has 0 aliphatic carbocycles. The zero-order valence-corrected chi connectivity index (χ0v) is 14.3. The Kier molecular flexibility index (Phi) is 6.94. The Bertz CT molecular complexity index is 605. The van der Waals surface area contributed by atoms with Crippen molar-refractivity contribution in [1.82, 2.24) is 10.2 Å². The number of benzene rings is 1. The van der Waals surface area contributed by atoms with Crippen LogP contribution in [0.15, 0.2) is 30.3 Å². The first-order chi connectivity index (χ1) is 12.0. The van der Waals surface area contributed by atoms with Gasteiger partial charge in [0.25, 0.3) is 0 Å². The summed E-state index contributed by atoms with van der Waals surface area (Å²) in [5, 5.41) is 11.9. The maximum atomic E-state index is 12.4. The van der Waals surface area contributed by atoms with Crippen LogP contribution in [0.4, 0.5) is 0 Å². The van der Waals surface area contributed by atoms with Crippen molar-refractivity contribution in [3.63, 3.8) is 0 Å². The molecule has 2 rings (SSSR count). The summed E-state index contributed by atoms with van der Waals surface area (Å²) < 4.78 is 5.50. The Morgan fingerprint density at radius 2 is 1.96 bits per heavy atom. The second kappa shape index (κ2) is 9.17. The molecule has 0 aromatic heterocycles. The largest absolute Gasteiger partial charge is 0.480 e. The van der Waals surface area contributed by atoms with Crippen molar-refractivity contribution < 1.29 is 24.2 Å². The molecule has 2 N–H and O–H groups in total. The lowest BCUT2D eigenvalue weighted by atomic mass is 9.91. The average Bonchev–Trinajstić information content (AvgIpc) is 2.64. The molecule has 7 nitrogen and oxygen atoms in total. The highest BCUT2D eigenvalue weighted by molar-refractivity contribution is 5.86. The molecule has 1 aliphatic rings. The summed E-state index contributed by atoms with van der Waals surface area (Å²) in [6.07, 6.45) is 0.839. The highest BCUT2D eigenvalue weighted by atomic mass is 16.5. The van der Waals surface area contributed by atoms with Crippen LogP contribution in [0.1, 0.15) is 24.8 Å². The number of carbonyl (C=O) groups is 3. The monoisotopic (exact) mass is 348 g/mol. The van der Waals surface area contributed by atoms with Gasteiger partial charge in [-0.2, -0.15) is 0 Å². The number of carboxylic acids is 1. The molecule has 1 aromatic rings. The van der Waals surface area contributed by atoms with Gasteiger partial charge in [0.2, 0.25) is 11.8 Å². The number of likely N-dealkylation sites (tertiary alicyclic amines) is 1. The van der Waals surface area contributed by atoms with E-state index in [0.717, 1.165) is 5.56 Å². The first-order valence-corrected chi connectivity index (χ1v) is 8.38. The van der Waals surface area contributed by atoms with E-state index in [1.807, 2.05) is 30.3 Å². The van der Waals surface area contributed by atoms with Crippen LogP contribution in [0, 0.1) is 5.92 Å². The summed E-state index contributed by atoms with van der Waals surface area (Å²) in [6, 6.07) is 8.73. The lowest BCUT2D eigenvalue weighted by molar-refractivity contribution is -0.155. The van der Waals surface area contributed by atoms with Crippen molar-refractivity contribution in [1.29, 1.82) is 0 Å². The molecule has 0 radical (unpaired) electrons. The van der Waals surface area contributed by atoms with Crippen molar-refractivity contribution in [2.45, 2.75) is 31.9 Å². The van der Waals surface area contributed by atoms with Crippen molar-refractivity contribution >= 4 is 17.8 Å². The minimum absolute atomic E-state index is 0.0943. The molecule has 0 spiro atoms. The molecule has 2 amide bonds. The predicted octanol–water partition coefficient (Wildman–Crippen LogP) is 1.03. The summed E-state index contributed by atoms with van der Waals surface area (Å²) >= 11 is 0. The van der Waals surface area contributed by atoms with Crippen LogP contribution in [-0.2, 0) is 25.7 Å². The van der Waals surface area contributed by atoms with Crippen molar-refractivity contribution in [2.24, 2.45) is 5.92 Å². The average molecular weight is 348 g/mol. The molecule has 1 heterocycles. The number of amides is 2. The summed E-state index contributed by atoms with van der Waals surface area (Å²) in [6.45, 7) is 0.743. The van der Waals surface area contributed by atoms with Gasteiger partial charge < -0.3 is 20.1 Å². The maximum absolute atomic E-state index is 12.4. The van der Waals surface area contributed by atoms with E-state index >= 15 is 0 Å². The van der Waals surface area contributed by atoms with Gasteiger partial charge in [0, 0.05) is 13.6 Å². The van der Waals surface area contributed by atoms with E-state index < -0.39 is 12.0 Å². The van der Waals surface area contributed by atoms with Crippen LogP contribution in [0.5, 0.6) is 0 Å². The lowest BCUT2D eigenvalue weighted by Crippen LogP contribution is -2.53. The fraction of sp³-hybridized carbons (Fsp3) is 0.500. The van der Waals surface area contributed by atoms with Crippen molar-refractivity contribution in [3.8, 4) is 0 Å². The summed E-state index contributed by atoms with van der Waals surface area (Å²) in [7, 11) is 1.54. The van der Waals surface area contributed by atoms with E-state index in [9.17, 15) is 19.5 Å². The molecule has 1 aliphatic heterocycles. The second-order valence-electron chi connectivity index (χ2n) is 6.08. The predicted molar refractivity (Wildman–Crippen MR) is 90.6 cm³/mol. The minimum atomic E-state index is -1.03. The summed E-state index contributed by atoms with van der Waals surface area (Å²) in [5.74, 6) is -1.86. The Morgan fingerprint density at radius 1 is 1.24 bits per heavy atom.